The SMILES string of the molecule is C=C1NC(=O)N[C@H](c2cc(OC)c(OCCCC)cc2Br)[C@H]1C(=O)OCC. The number of methoxy groups -OCH3 is 1. The molecule has 27 heavy (non-hydrogen) atoms. The Morgan fingerprint density at radius 2 is 2.04 bits per heavy atom. The molecule has 1 aliphatic rings. The monoisotopic (exact) mass is 440 g/mol. The fourth-order valence-electron chi connectivity index (χ4n) is 2.84. The fourth-order valence-corrected chi connectivity index (χ4v) is 3.41. The average molecular weight is 441 g/mol. The van der Waals surface area contributed by atoms with E-state index in [4.69, 9.17) is 14.2 Å². The summed E-state index contributed by atoms with van der Waals surface area (Å²) in [6.07, 6.45) is 1.95. The van der Waals surface area contributed by atoms with Crippen LogP contribution in [0.1, 0.15) is 38.3 Å². The zero-order chi connectivity index (χ0) is 20.0. The highest BCUT2D eigenvalue weighted by Crippen LogP contribution is 2.40. The highest BCUT2D eigenvalue weighted by atomic mass is 79.9. The van der Waals surface area contributed by atoms with Gasteiger partial charge >= 0.3 is 12.0 Å². The molecule has 1 fully saturated rings. The number of amides is 2. The summed E-state index contributed by atoms with van der Waals surface area (Å²) in [6, 6.07) is 2.45. The zero-order valence-electron chi connectivity index (χ0n) is 15.8. The molecule has 148 valence electrons. The molecule has 2 N–H and O–H groups in total. The first-order chi connectivity index (χ1) is 12.9. The van der Waals surface area contributed by atoms with E-state index in [1.807, 2.05) is 0 Å². The molecule has 0 unspecified atom stereocenters. The van der Waals surface area contributed by atoms with E-state index in [9.17, 15) is 9.59 Å². The van der Waals surface area contributed by atoms with Gasteiger partial charge in [-0.25, -0.2) is 4.79 Å². The summed E-state index contributed by atoms with van der Waals surface area (Å²) >= 11 is 3.52. The molecule has 0 spiro atoms. The van der Waals surface area contributed by atoms with Crippen molar-refractivity contribution in [2.24, 2.45) is 5.92 Å². The largest absolute Gasteiger partial charge is 0.493 e. The lowest BCUT2D eigenvalue weighted by atomic mass is 9.89. The van der Waals surface area contributed by atoms with E-state index in [-0.39, 0.29) is 12.3 Å². The molecule has 0 saturated carbocycles. The molecule has 0 aliphatic carbocycles. The first kappa shape index (κ1) is 21.1. The van der Waals surface area contributed by atoms with Gasteiger partial charge in [0.1, 0.15) is 5.92 Å². The minimum atomic E-state index is -0.768. The van der Waals surface area contributed by atoms with Crippen molar-refractivity contribution < 1.29 is 23.8 Å². The third kappa shape index (κ3) is 4.94. The maximum absolute atomic E-state index is 12.5. The normalized spacial score (nSPS) is 19.1. The molecule has 1 heterocycles. The summed E-state index contributed by atoms with van der Waals surface area (Å²) < 4.78 is 17.1. The lowest BCUT2D eigenvalue weighted by Gasteiger charge is -2.34. The van der Waals surface area contributed by atoms with Crippen LogP contribution in [-0.2, 0) is 9.53 Å². The summed E-state index contributed by atoms with van der Waals surface area (Å²) in [7, 11) is 1.54. The van der Waals surface area contributed by atoms with Gasteiger partial charge in [-0.15, -0.1) is 0 Å². The third-order valence-electron chi connectivity index (χ3n) is 4.18. The second kappa shape index (κ2) is 9.64. The Hall–Kier alpha value is -2.22. The Bertz CT molecular complexity index is 722. The molecule has 7 nitrogen and oxygen atoms in total. The van der Waals surface area contributed by atoms with E-state index in [0.29, 0.717) is 28.1 Å². The number of carbonyl (C=O) groups excluding carboxylic acids is 2. The Morgan fingerprint density at radius 3 is 2.67 bits per heavy atom. The average Bonchev–Trinajstić information content (AvgIpc) is 2.61. The van der Waals surface area contributed by atoms with Crippen LogP contribution < -0.4 is 20.1 Å². The van der Waals surface area contributed by atoms with Gasteiger partial charge in [-0.05, 0) is 31.0 Å². The summed E-state index contributed by atoms with van der Waals surface area (Å²) in [5.74, 6) is -0.122. The highest BCUT2D eigenvalue weighted by Gasteiger charge is 2.40. The van der Waals surface area contributed by atoms with Gasteiger partial charge < -0.3 is 24.8 Å². The predicted molar refractivity (Wildman–Crippen MR) is 105 cm³/mol. The van der Waals surface area contributed by atoms with Crippen molar-refractivity contribution >= 4 is 27.9 Å². The molecule has 1 saturated heterocycles. The molecule has 1 aromatic carbocycles. The van der Waals surface area contributed by atoms with Crippen molar-refractivity contribution in [2.75, 3.05) is 20.3 Å². The molecular formula is C19H25BrN2O5. The molecule has 1 aromatic rings. The number of benzene rings is 1. The lowest BCUT2D eigenvalue weighted by molar-refractivity contribution is -0.147. The lowest BCUT2D eigenvalue weighted by Crippen LogP contribution is -2.51. The van der Waals surface area contributed by atoms with Crippen LogP contribution >= 0.6 is 15.9 Å². The molecule has 0 radical (unpaired) electrons. The fraction of sp³-hybridized carbons (Fsp3) is 0.474. The molecule has 2 atom stereocenters. The van der Waals surface area contributed by atoms with Gasteiger partial charge in [-0.2, -0.15) is 0 Å². The van der Waals surface area contributed by atoms with Crippen LogP contribution in [0.25, 0.3) is 0 Å². The van der Waals surface area contributed by atoms with Crippen molar-refractivity contribution in [3.05, 3.63) is 34.4 Å². The number of carbonyl (C=O) groups is 2. The van der Waals surface area contributed by atoms with Gasteiger partial charge in [0.25, 0.3) is 0 Å². The maximum atomic E-state index is 12.5. The van der Waals surface area contributed by atoms with Gasteiger partial charge in [0.05, 0.1) is 26.4 Å². The molecule has 1 aliphatic heterocycles. The minimum absolute atomic E-state index is 0.234. The number of halogens is 1. The first-order valence-electron chi connectivity index (χ1n) is 8.86. The standard InChI is InChI=1S/C19H25BrN2O5/c1-5-7-8-27-15-10-13(20)12(9-14(15)25-4)17-16(18(23)26-6-2)11(3)21-19(24)22-17/h9-10,16-17H,3,5-8H2,1-2,4H3,(H2,21,22,24)/t16-,17+/m0/s1. The van der Waals surface area contributed by atoms with Crippen molar-refractivity contribution in [2.45, 2.75) is 32.7 Å². The quantitative estimate of drug-likeness (QED) is 0.475. The van der Waals surface area contributed by atoms with Crippen molar-refractivity contribution in [1.82, 2.24) is 10.6 Å². The van der Waals surface area contributed by atoms with Crippen LogP contribution in [0.4, 0.5) is 4.79 Å². The number of urea groups is 1. The Balaban J connectivity index is 2.41. The van der Waals surface area contributed by atoms with E-state index >= 15 is 0 Å². The number of esters is 1. The topological polar surface area (TPSA) is 85.9 Å². The van der Waals surface area contributed by atoms with Crippen LogP contribution in [0.2, 0.25) is 0 Å². The number of unbranched alkanes of at least 4 members (excludes halogenated alkanes) is 1. The Kier molecular flexibility index (Phi) is 7.53. The first-order valence-corrected chi connectivity index (χ1v) is 9.65. The van der Waals surface area contributed by atoms with Gasteiger partial charge in [0, 0.05) is 10.2 Å². The van der Waals surface area contributed by atoms with E-state index in [1.165, 1.54) is 0 Å². The predicted octanol–water partition coefficient (Wildman–Crippen LogP) is 3.68. The van der Waals surface area contributed by atoms with Gasteiger partial charge in [0.2, 0.25) is 0 Å². The van der Waals surface area contributed by atoms with Gasteiger partial charge in [-0.1, -0.05) is 35.9 Å². The molecular weight excluding hydrogens is 416 g/mol. The Labute approximate surface area is 167 Å². The van der Waals surface area contributed by atoms with Gasteiger partial charge in [0.15, 0.2) is 11.5 Å². The summed E-state index contributed by atoms with van der Waals surface area (Å²) in [5, 5.41) is 5.32. The van der Waals surface area contributed by atoms with Crippen LogP contribution in [0.3, 0.4) is 0 Å². The second-order valence-corrected chi connectivity index (χ2v) is 6.91. The summed E-state index contributed by atoms with van der Waals surface area (Å²) in [4.78, 5) is 24.4. The van der Waals surface area contributed by atoms with Crippen LogP contribution in [0, 0.1) is 5.92 Å². The van der Waals surface area contributed by atoms with Crippen molar-refractivity contribution in [3.63, 3.8) is 0 Å². The van der Waals surface area contributed by atoms with Crippen LogP contribution in [0.5, 0.6) is 11.5 Å². The smallest absolute Gasteiger partial charge is 0.319 e. The molecule has 8 heteroatoms. The number of hydrogen-bond acceptors (Lipinski definition) is 5. The third-order valence-corrected chi connectivity index (χ3v) is 4.87. The number of rotatable bonds is 8. The number of nitrogens with one attached hydrogen (secondary N) is 2. The molecule has 0 aromatic heterocycles. The van der Waals surface area contributed by atoms with Crippen LogP contribution in [-0.4, -0.2) is 32.3 Å². The van der Waals surface area contributed by atoms with Crippen molar-refractivity contribution in [1.29, 1.82) is 0 Å². The summed E-state index contributed by atoms with van der Waals surface area (Å²) in [6.45, 7) is 8.44. The minimum Gasteiger partial charge on any atom is -0.493 e. The summed E-state index contributed by atoms with van der Waals surface area (Å²) in [5.41, 5.74) is 0.958. The van der Waals surface area contributed by atoms with Crippen LogP contribution in [0.15, 0.2) is 28.9 Å². The number of ether oxygens (including phenoxy) is 3. The zero-order valence-corrected chi connectivity index (χ0v) is 17.4. The van der Waals surface area contributed by atoms with E-state index in [0.717, 1.165) is 12.8 Å². The van der Waals surface area contributed by atoms with E-state index < -0.39 is 24.0 Å². The second-order valence-electron chi connectivity index (χ2n) is 6.06. The van der Waals surface area contributed by atoms with E-state index in [2.05, 4.69) is 40.1 Å². The molecule has 0 bridgehead atoms. The Morgan fingerprint density at radius 1 is 1.30 bits per heavy atom. The highest BCUT2D eigenvalue weighted by molar-refractivity contribution is 9.10. The molecule has 2 amide bonds. The van der Waals surface area contributed by atoms with Gasteiger partial charge in [-0.3, -0.25) is 4.79 Å². The van der Waals surface area contributed by atoms with Crippen molar-refractivity contribution in [3.8, 4) is 11.5 Å². The molecule has 2 rings (SSSR count). The van der Waals surface area contributed by atoms with E-state index in [1.54, 1.807) is 26.2 Å². The number of hydrogen-bond donors (Lipinski definition) is 2. The maximum Gasteiger partial charge on any atom is 0.319 e.